The number of nitrogens with zero attached hydrogens (tertiary/aromatic N) is 5. The summed E-state index contributed by atoms with van der Waals surface area (Å²) < 4.78 is 10.9. The van der Waals surface area contributed by atoms with E-state index in [1.165, 1.54) is 11.8 Å². The molecule has 12 nitrogen and oxygen atoms in total. The lowest BCUT2D eigenvalue weighted by atomic mass is 9.80. The van der Waals surface area contributed by atoms with Crippen LogP contribution in [-0.4, -0.2) is 96.2 Å². The van der Waals surface area contributed by atoms with E-state index in [4.69, 9.17) is 31.0 Å². The number of aliphatic hydroxyl groups excluding tert-OH is 1. The minimum Gasteiger partial charge on any atom is -0.450 e. The first-order chi connectivity index (χ1) is 22.5. The highest BCUT2D eigenvalue weighted by molar-refractivity contribution is 7.99. The standard InChI is InChI=1S/C33H52ClN7O5SSi/c1-32(2,3)46-30(43)37-22-33(4)11-16-40(17-12-33)29-24(21-42)39-26(20-36-29)47-25-8-13-35-28(27(25)34)38-23-9-14-41(15-10-23)31(44)45-18-19-48(5,6)7/h8,13,20,23,42H,9-12,14-19,21-22H2,1-7H3,(H,35,38)(H,37,43). The highest BCUT2D eigenvalue weighted by Crippen LogP contribution is 2.38. The zero-order valence-electron chi connectivity index (χ0n) is 29.4. The fourth-order valence-electron chi connectivity index (χ4n) is 5.51. The summed E-state index contributed by atoms with van der Waals surface area (Å²) >= 11 is 8.18. The number of hydrogen-bond donors (Lipinski definition) is 3. The molecule has 15 heteroatoms. The number of rotatable bonds is 11. The number of aromatic nitrogens is 3. The van der Waals surface area contributed by atoms with Gasteiger partial charge in [0.05, 0.1) is 24.4 Å². The van der Waals surface area contributed by atoms with Crippen molar-refractivity contribution in [2.75, 3.05) is 49.5 Å². The van der Waals surface area contributed by atoms with Gasteiger partial charge in [0.2, 0.25) is 0 Å². The number of alkyl carbamates (subject to hydrolysis) is 1. The highest BCUT2D eigenvalue weighted by atomic mass is 35.5. The summed E-state index contributed by atoms with van der Waals surface area (Å²) in [6.45, 7) is 18.0. The molecule has 266 valence electrons. The number of pyridine rings is 1. The van der Waals surface area contributed by atoms with Gasteiger partial charge in [-0.15, -0.1) is 0 Å². The SMILES string of the molecule is CC1(CNC(=O)OC(C)(C)C)CCN(c2ncc(Sc3ccnc(NC4CCN(C(=O)OCC[Si](C)(C)C)CC4)c3Cl)nc2CO)CC1. The van der Waals surface area contributed by atoms with E-state index < -0.39 is 19.8 Å². The zero-order valence-corrected chi connectivity index (χ0v) is 32.0. The van der Waals surface area contributed by atoms with Crippen LogP contribution in [0.4, 0.5) is 21.2 Å². The monoisotopic (exact) mass is 721 g/mol. The van der Waals surface area contributed by atoms with Crippen LogP contribution in [0.1, 0.15) is 59.1 Å². The number of carbonyl (C=O) groups excluding carboxylic acids is 2. The van der Waals surface area contributed by atoms with Gasteiger partial charge in [0, 0.05) is 57.9 Å². The molecule has 2 aliphatic heterocycles. The van der Waals surface area contributed by atoms with E-state index >= 15 is 0 Å². The van der Waals surface area contributed by atoms with E-state index in [1.807, 2.05) is 26.8 Å². The first-order valence-electron chi connectivity index (χ1n) is 16.7. The van der Waals surface area contributed by atoms with Crippen molar-refractivity contribution in [3.8, 4) is 0 Å². The Hall–Kier alpha value is -2.81. The van der Waals surface area contributed by atoms with Crippen molar-refractivity contribution in [3.63, 3.8) is 0 Å². The summed E-state index contributed by atoms with van der Waals surface area (Å²) in [4.78, 5) is 43.3. The van der Waals surface area contributed by atoms with Crippen LogP contribution >= 0.6 is 23.4 Å². The topological polar surface area (TPSA) is 142 Å². The molecular weight excluding hydrogens is 670 g/mol. The van der Waals surface area contributed by atoms with Gasteiger partial charge in [-0.2, -0.15) is 0 Å². The smallest absolute Gasteiger partial charge is 0.409 e. The Balaban J connectivity index is 1.30. The van der Waals surface area contributed by atoms with Gasteiger partial charge in [0.25, 0.3) is 0 Å². The van der Waals surface area contributed by atoms with Crippen LogP contribution in [0.25, 0.3) is 0 Å². The number of nitrogens with one attached hydrogen (secondary N) is 2. The molecule has 0 saturated carbocycles. The molecule has 2 aliphatic rings. The van der Waals surface area contributed by atoms with Gasteiger partial charge in [0.15, 0.2) is 5.82 Å². The second-order valence-electron chi connectivity index (χ2n) is 15.2. The summed E-state index contributed by atoms with van der Waals surface area (Å²) in [6, 6.07) is 2.92. The lowest BCUT2D eigenvalue weighted by Crippen LogP contribution is -2.46. The van der Waals surface area contributed by atoms with Crippen LogP contribution in [0.3, 0.4) is 0 Å². The molecule has 48 heavy (non-hydrogen) atoms. The summed E-state index contributed by atoms with van der Waals surface area (Å²) in [5.41, 5.74) is -0.107. The maximum atomic E-state index is 12.5. The molecule has 0 aliphatic carbocycles. The molecule has 2 amide bonds. The molecule has 0 unspecified atom stereocenters. The minimum absolute atomic E-state index is 0.0737. The van der Waals surface area contributed by atoms with Gasteiger partial charge in [-0.25, -0.2) is 24.5 Å². The number of hydrogen-bond acceptors (Lipinski definition) is 11. The molecule has 0 aromatic carbocycles. The fraction of sp³-hybridized carbons (Fsp3) is 0.667. The Morgan fingerprint density at radius 3 is 2.46 bits per heavy atom. The number of halogens is 1. The second-order valence-corrected chi connectivity index (χ2v) is 22.3. The quantitative estimate of drug-likeness (QED) is 0.215. The molecule has 2 saturated heterocycles. The number of carbonyl (C=O) groups is 2. The van der Waals surface area contributed by atoms with Gasteiger partial charge in [-0.1, -0.05) is 49.9 Å². The number of aliphatic hydroxyl groups is 1. The van der Waals surface area contributed by atoms with Gasteiger partial charge in [0.1, 0.15) is 22.1 Å². The van der Waals surface area contributed by atoms with Crippen LogP contribution in [0.2, 0.25) is 30.7 Å². The predicted octanol–water partition coefficient (Wildman–Crippen LogP) is 6.65. The number of ether oxygens (including phenoxy) is 2. The predicted molar refractivity (Wildman–Crippen MR) is 193 cm³/mol. The summed E-state index contributed by atoms with van der Waals surface area (Å²) in [5.74, 6) is 1.25. The number of anilines is 2. The number of piperidine rings is 2. The molecule has 2 fully saturated rings. The first-order valence-corrected chi connectivity index (χ1v) is 21.6. The molecule has 0 radical (unpaired) electrons. The van der Waals surface area contributed by atoms with Crippen LogP contribution in [0.5, 0.6) is 0 Å². The van der Waals surface area contributed by atoms with Gasteiger partial charge in [-0.3, -0.25) is 0 Å². The average molecular weight is 722 g/mol. The van der Waals surface area contributed by atoms with Crippen molar-refractivity contribution in [2.45, 2.75) is 107 Å². The van der Waals surface area contributed by atoms with Gasteiger partial charge >= 0.3 is 12.2 Å². The third kappa shape index (κ3) is 11.4. The maximum absolute atomic E-state index is 12.5. The van der Waals surface area contributed by atoms with Crippen molar-refractivity contribution in [3.05, 3.63) is 29.2 Å². The first kappa shape index (κ1) is 38.0. The van der Waals surface area contributed by atoms with Crippen molar-refractivity contribution in [1.29, 1.82) is 0 Å². The van der Waals surface area contributed by atoms with E-state index in [1.54, 1.807) is 17.3 Å². The van der Waals surface area contributed by atoms with Gasteiger partial charge in [-0.05, 0) is 64.0 Å². The van der Waals surface area contributed by atoms with Crippen LogP contribution in [0, 0.1) is 5.41 Å². The maximum Gasteiger partial charge on any atom is 0.409 e. The van der Waals surface area contributed by atoms with E-state index in [2.05, 4.69) is 47.1 Å². The normalized spacial score (nSPS) is 17.2. The summed E-state index contributed by atoms with van der Waals surface area (Å²) in [6.07, 6.45) is 5.99. The Bertz CT molecular complexity index is 1410. The van der Waals surface area contributed by atoms with E-state index in [0.29, 0.717) is 53.6 Å². The molecule has 4 rings (SSSR count). The van der Waals surface area contributed by atoms with Crippen LogP contribution in [0.15, 0.2) is 28.4 Å². The van der Waals surface area contributed by atoms with Crippen LogP contribution in [-0.2, 0) is 16.1 Å². The zero-order chi connectivity index (χ0) is 35.1. The molecule has 2 aromatic rings. The van der Waals surface area contributed by atoms with E-state index in [0.717, 1.165) is 49.7 Å². The molecular formula is C33H52ClN7O5SSi. The lowest BCUT2D eigenvalue weighted by molar-refractivity contribution is 0.0495. The van der Waals surface area contributed by atoms with Gasteiger partial charge < -0.3 is 35.0 Å². The Morgan fingerprint density at radius 2 is 1.83 bits per heavy atom. The van der Waals surface area contributed by atoms with E-state index in [-0.39, 0.29) is 24.2 Å². The largest absolute Gasteiger partial charge is 0.450 e. The molecule has 4 heterocycles. The highest BCUT2D eigenvalue weighted by Gasteiger charge is 2.33. The molecule has 0 spiro atoms. The molecule has 2 aromatic heterocycles. The third-order valence-corrected chi connectivity index (χ3v) is 11.7. The molecule has 0 bridgehead atoms. The van der Waals surface area contributed by atoms with Crippen molar-refractivity contribution >= 4 is 55.3 Å². The summed E-state index contributed by atoms with van der Waals surface area (Å²) in [5, 5.41) is 17.7. The molecule has 0 atom stereocenters. The van der Waals surface area contributed by atoms with Crippen molar-refractivity contribution < 1.29 is 24.2 Å². The van der Waals surface area contributed by atoms with Crippen molar-refractivity contribution in [1.82, 2.24) is 25.2 Å². The Morgan fingerprint density at radius 1 is 1.15 bits per heavy atom. The number of likely N-dealkylation sites (tertiary alicyclic amines) is 1. The fourth-order valence-corrected chi connectivity index (χ4v) is 7.31. The molecule has 3 N–H and O–H groups in total. The Labute approximate surface area is 295 Å². The third-order valence-electron chi connectivity index (χ3n) is 8.52. The number of amides is 2. The second kappa shape index (κ2) is 16.3. The summed E-state index contributed by atoms with van der Waals surface area (Å²) in [7, 11) is -1.25. The van der Waals surface area contributed by atoms with Crippen molar-refractivity contribution in [2.24, 2.45) is 5.41 Å². The Kier molecular flexibility index (Phi) is 12.9. The van der Waals surface area contributed by atoms with E-state index in [9.17, 15) is 14.7 Å². The minimum atomic E-state index is -1.25. The van der Waals surface area contributed by atoms with Crippen LogP contribution < -0.4 is 15.5 Å². The lowest BCUT2D eigenvalue weighted by Gasteiger charge is -2.40. The average Bonchev–Trinajstić information content (AvgIpc) is 3.01.